The Labute approximate surface area is 129 Å². The van der Waals surface area contributed by atoms with E-state index in [1.54, 1.807) is 0 Å². The molecule has 0 saturated carbocycles. The number of aliphatic hydroxyl groups excluding tert-OH is 1. The normalized spacial score (nSPS) is 17.8. The fourth-order valence-corrected chi connectivity index (χ4v) is 2.94. The van der Waals surface area contributed by atoms with Crippen LogP contribution in [0.1, 0.15) is 44.6 Å². The van der Waals surface area contributed by atoms with E-state index in [1.807, 2.05) is 6.92 Å². The Bertz CT molecular complexity index is 394. The smallest absolute Gasteiger partial charge is 0.0524 e. The first-order valence-electron chi connectivity index (χ1n) is 8.35. The molecule has 1 atom stereocenters. The largest absolute Gasteiger partial charge is 0.393 e. The van der Waals surface area contributed by atoms with Crippen LogP contribution in [0.3, 0.4) is 0 Å². The number of hydrogen-bond acceptors (Lipinski definition) is 3. The molecular weight excluding hydrogens is 260 g/mol. The Morgan fingerprint density at radius 1 is 1.10 bits per heavy atom. The predicted octanol–water partition coefficient (Wildman–Crippen LogP) is 3.27. The van der Waals surface area contributed by atoms with E-state index < -0.39 is 0 Å². The van der Waals surface area contributed by atoms with Crippen molar-refractivity contribution in [3.8, 4) is 0 Å². The van der Waals surface area contributed by atoms with Crippen LogP contribution in [-0.4, -0.2) is 42.8 Å². The summed E-state index contributed by atoms with van der Waals surface area (Å²) in [6.45, 7) is 6.14. The second kappa shape index (κ2) is 8.40. The summed E-state index contributed by atoms with van der Waals surface area (Å²) in [6, 6.07) is 9.03. The van der Waals surface area contributed by atoms with Crippen LogP contribution in [0.4, 0.5) is 5.69 Å². The highest BCUT2D eigenvalue weighted by Crippen LogP contribution is 2.20. The standard InChI is InChI=1S/C18H30N2O/c1-16(21)11-14-19(2)15-17-7-9-18(10-8-17)20-12-5-3-4-6-13-20/h7-10,16,21H,3-6,11-15H2,1-2H3. The van der Waals surface area contributed by atoms with Gasteiger partial charge in [-0.05, 0) is 50.9 Å². The molecule has 1 N–H and O–H groups in total. The average Bonchev–Trinajstić information content (AvgIpc) is 2.75. The molecule has 1 saturated heterocycles. The molecule has 0 radical (unpaired) electrons. The summed E-state index contributed by atoms with van der Waals surface area (Å²) >= 11 is 0. The van der Waals surface area contributed by atoms with E-state index in [4.69, 9.17) is 0 Å². The molecule has 1 aromatic carbocycles. The van der Waals surface area contributed by atoms with Crippen molar-refractivity contribution in [2.45, 2.75) is 51.7 Å². The number of anilines is 1. The Balaban J connectivity index is 1.86. The summed E-state index contributed by atoms with van der Waals surface area (Å²) in [5.74, 6) is 0. The highest BCUT2D eigenvalue weighted by molar-refractivity contribution is 5.47. The molecule has 1 heterocycles. The van der Waals surface area contributed by atoms with Crippen LogP contribution < -0.4 is 4.90 Å². The van der Waals surface area contributed by atoms with E-state index in [1.165, 1.54) is 50.0 Å². The second-order valence-electron chi connectivity index (χ2n) is 6.44. The fourth-order valence-electron chi connectivity index (χ4n) is 2.94. The number of hydrogen-bond donors (Lipinski definition) is 1. The van der Waals surface area contributed by atoms with Gasteiger partial charge in [-0.2, -0.15) is 0 Å². The Kier molecular flexibility index (Phi) is 6.52. The lowest BCUT2D eigenvalue weighted by atomic mass is 10.1. The van der Waals surface area contributed by atoms with Gasteiger partial charge in [0.2, 0.25) is 0 Å². The zero-order valence-corrected chi connectivity index (χ0v) is 13.6. The third-order valence-electron chi connectivity index (χ3n) is 4.29. The van der Waals surface area contributed by atoms with Gasteiger partial charge >= 0.3 is 0 Å². The van der Waals surface area contributed by atoms with Crippen LogP contribution in [-0.2, 0) is 6.54 Å². The van der Waals surface area contributed by atoms with E-state index in [9.17, 15) is 5.11 Å². The van der Waals surface area contributed by atoms with Crippen LogP contribution in [0.2, 0.25) is 0 Å². The molecule has 118 valence electrons. The molecule has 0 aliphatic carbocycles. The first-order chi connectivity index (χ1) is 10.1. The Morgan fingerprint density at radius 3 is 2.29 bits per heavy atom. The van der Waals surface area contributed by atoms with Gasteiger partial charge in [0.1, 0.15) is 0 Å². The highest BCUT2D eigenvalue weighted by atomic mass is 16.3. The Hall–Kier alpha value is -1.06. The van der Waals surface area contributed by atoms with Gasteiger partial charge in [-0.25, -0.2) is 0 Å². The molecule has 3 nitrogen and oxygen atoms in total. The summed E-state index contributed by atoms with van der Waals surface area (Å²) in [5.41, 5.74) is 2.72. The molecule has 21 heavy (non-hydrogen) atoms. The van der Waals surface area contributed by atoms with Crippen molar-refractivity contribution < 1.29 is 5.11 Å². The molecule has 0 amide bonds. The first kappa shape index (κ1) is 16.3. The van der Waals surface area contributed by atoms with Crippen molar-refractivity contribution in [1.82, 2.24) is 4.90 Å². The van der Waals surface area contributed by atoms with Crippen molar-refractivity contribution >= 4 is 5.69 Å². The minimum Gasteiger partial charge on any atom is -0.393 e. The summed E-state index contributed by atoms with van der Waals surface area (Å²) in [7, 11) is 2.12. The fraction of sp³-hybridized carbons (Fsp3) is 0.667. The maximum absolute atomic E-state index is 9.34. The van der Waals surface area contributed by atoms with Gasteiger partial charge in [0.25, 0.3) is 0 Å². The SMILES string of the molecule is CC(O)CCN(C)Cc1ccc(N2CCCCCC2)cc1. The van der Waals surface area contributed by atoms with Gasteiger partial charge in [0, 0.05) is 31.9 Å². The number of nitrogens with zero attached hydrogens (tertiary/aromatic N) is 2. The third-order valence-corrected chi connectivity index (χ3v) is 4.29. The van der Waals surface area contributed by atoms with E-state index in [2.05, 4.69) is 41.1 Å². The highest BCUT2D eigenvalue weighted by Gasteiger charge is 2.10. The molecule has 0 aromatic heterocycles. The van der Waals surface area contributed by atoms with Crippen LogP contribution >= 0.6 is 0 Å². The number of aliphatic hydroxyl groups is 1. The monoisotopic (exact) mass is 290 g/mol. The molecule has 0 spiro atoms. The van der Waals surface area contributed by atoms with E-state index in [0.29, 0.717) is 0 Å². The van der Waals surface area contributed by atoms with Crippen molar-refractivity contribution in [3.05, 3.63) is 29.8 Å². The van der Waals surface area contributed by atoms with Gasteiger partial charge < -0.3 is 14.9 Å². The number of benzene rings is 1. The van der Waals surface area contributed by atoms with Crippen molar-refractivity contribution in [3.63, 3.8) is 0 Å². The summed E-state index contributed by atoms with van der Waals surface area (Å²) in [6.07, 6.45) is 6.03. The van der Waals surface area contributed by atoms with Gasteiger partial charge in [-0.1, -0.05) is 25.0 Å². The summed E-state index contributed by atoms with van der Waals surface area (Å²) < 4.78 is 0. The van der Waals surface area contributed by atoms with Crippen LogP contribution in [0, 0.1) is 0 Å². The maximum atomic E-state index is 9.34. The van der Waals surface area contributed by atoms with Gasteiger partial charge in [0.05, 0.1) is 6.10 Å². The minimum atomic E-state index is -0.210. The predicted molar refractivity (Wildman–Crippen MR) is 89.8 cm³/mol. The zero-order valence-electron chi connectivity index (χ0n) is 13.6. The molecule has 1 unspecified atom stereocenters. The van der Waals surface area contributed by atoms with Gasteiger partial charge in [0.15, 0.2) is 0 Å². The van der Waals surface area contributed by atoms with Crippen molar-refractivity contribution in [1.29, 1.82) is 0 Å². The first-order valence-corrected chi connectivity index (χ1v) is 8.35. The van der Waals surface area contributed by atoms with Crippen molar-refractivity contribution in [2.75, 3.05) is 31.6 Å². The van der Waals surface area contributed by atoms with E-state index in [-0.39, 0.29) is 6.10 Å². The van der Waals surface area contributed by atoms with Crippen LogP contribution in [0.25, 0.3) is 0 Å². The minimum absolute atomic E-state index is 0.210. The third kappa shape index (κ3) is 5.68. The maximum Gasteiger partial charge on any atom is 0.0524 e. The average molecular weight is 290 g/mol. The van der Waals surface area contributed by atoms with Crippen molar-refractivity contribution in [2.24, 2.45) is 0 Å². The molecule has 1 aliphatic rings. The summed E-state index contributed by atoms with van der Waals surface area (Å²) in [5, 5.41) is 9.34. The molecule has 2 rings (SSSR count). The lowest BCUT2D eigenvalue weighted by Gasteiger charge is -2.23. The van der Waals surface area contributed by atoms with Crippen LogP contribution in [0.5, 0.6) is 0 Å². The second-order valence-corrected chi connectivity index (χ2v) is 6.44. The number of rotatable bonds is 6. The molecule has 0 bridgehead atoms. The molecular formula is C18H30N2O. The quantitative estimate of drug-likeness (QED) is 0.871. The zero-order chi connectivity index (χ0) is 15.1. The van der Waals surface area contributed by atoms with Gasteiger partial charge in [-0.15, -0.1) is 0 Å². The van der Waals surface area contributed by atoms with E-state index in [0.717, 1.165) is 19.5 Å². The lowest BCUT2D eigenvalue weighted by molar-refractivity contribution is 0.163. The molecule has 1 aromatic rings. The molecule has 1 aliphatic heterocycles. The topological polar surface area (TPSA) is 26.7 Å². The van der Waals surface area contributed by atoms with Crippen LogP contribution in [0.15, 0.2) is 24.3 Å². The Morgan fingerprint density at radius 2 is 1.71 bits per heavy atom. The van der Waals surface area contributed by atoms with E-state index >= 15 is 0 Å². The van der Waals surface area contributed by atoms with Gasteiger partial charge in [-0.3, -0.25) is 0 Å². The lowest BCUT2D eigenvalue weighted by Crippen LogP contribution is -2.24. The molecule has 3 heteroatoms. The summed E-state index contributed by atoms with van der Waals surface area (Å²) in [4.78, 5) is 4.79. The molecule has 1 fully saturated rings.